The number of urea groups is 1. The van der Waals surface area contributed by atoms with Crippen LogP contribution in [0, 0.1) is 29.4 Å². The number of nitrogens with zero attached hydrogens (tertiary/aromatic N) is 1. The number of aliphatic hydroxyl groups is 1. The van der Waals surface area contributed by atoms with Gasteiger partial charge in [-0.3, -0.25) is 0 Å². The van der Waals surface area contributed by atoms with Gasteiger partial charge in [-0.05, 0) is 63.0 Å². The minimum absolute atomic E-state index is 0.00832. The molecule has 0 bridgehead atoms. The van der Waals surface area contributed by atoms with Crippen LogP contribution in [0.25, 0.3) is 0 Å². The maximum atomic E-state index is 15.0. The van der Waals surface area contributed by atoms with Crippen molar-refractivity contribution in [3.8, 4) is 0 Å². The van der Waals surface area contributed by atoms with Crippen LogP contribution in [0.15, 0.2) is 18.2 Å². The Balaban J connectivity index is 1.47. The molecule has 0 spiro atoms. The van der Waals surface area contributed by atoms with Crippen LogP contribution in [0.1, 0.15) is 76.2 Å². The highest BCUT2D eigenvalue weighted by Gasteiger charge is 2.43. The molecule has 4 atom stereocenters. The minimum Gasteiger partial charge on any atom is -0.385 e. The Morgan fingerprint density at radius 1 is 1.16 bits per heavy atom. The molecule has 208 valence electrons. The van der Waals surface area contributed by atoms with Crippen LogP contribution in [0.5, 0.6) is 0 Å². The fourth-order valence-electron chi connectivity index (χ4n) is 7.00. The number of benzene rings is 1. The number of piperidine rings is 2. The smallest absolute Gasteiger partial charge is 0.317 e. The van der Waals surface area contributed by atoms with Crippen molar-refractivity contribution in [3.05, 3.63) is 35.4 Å². The summed E-state index contributed by atoms with van der Waals surface area (Å²) in [6, 6.07) is 3.99. The number of methoxy groups -OCH3 is 1. The SMILES string of the molecule is COCCCC[C@@](O)(c1cccc(F)c1F)C1CCCN(C(=O)N[C@@H]2CNCC[C@H]2C2CCCCC2)C1. The van der Waals surface area contributed by atoms with Crippen LogP contribution < -0.4 is 10.6 Å². The Labute approximate surface area is 220 Å². The molecule has 1 aromatic rings. The van der Waals surface area contributed by atoms with E-state index in [1.807, 2.05) is 0 Å². The Bertz CT molecular complexity index is 882. The van der Waals surface area contributed by atoms with E-state index in [1.165, 1.54) is 44.2 Å². The van der Waals surface area contributed by atoms with E-state index in [-0.39, 0.29) is 30.0 Å². The van der Waals surface area contributed by atoms with Gasteiger partial charge in [0.05, 0.1) is 5.60 Å². The molecule has 1 aromatic carbocycles. The minimum atomic E-state index is -1.56. The number of carbonyl (C=O) groups excluding carboxylic acids is 1. The standard InChI is InChI=1S/C29H45F2N3O3/c1-37-18-6-5-15-29(36,24-12-7-13-25(30)27(24)31)22-11-8-17-34(20-22)28(35)33-26-19-32-16-14-23(26)21-9-3-2-4-10-21/h7,12-13,21-23,26,32,36H,2-6,8-11,14-20H2,1H3,(H,33,35)/t22?,23-,26+,29-/m0/s1. The lowest BCUT2D eigenvalue weighted by Crippen LogP contribution is -2.58. The average molecular weight is 522 g/mol. The zero-order chi connectivity index (χ0) is 26.3. The Morgan fingerprint density at radius 2 is 1.97 bits per heavy atom. The van der Waals surface area contributed by atoms with Gasteiger partial charge in [0.1, 0.15) is 0 Å². The van der Waals surface area contributed by atoms with Crippen molar-refractivity contribution >= 4 is 6.03 Å². The normalized spacial score (nSPS) is 27.0. The van der Waals surface area contributed by atoms with E-state index in [0.717, 1.165) is 25.6 Å². The molecular formula is C29H45F2N3O3. The predicted octanol–water partition coefficient (Wildman–Crippen LogP) is 4.95. The lowest BCUT2D eigenvalue weighted by molar-refractivity contribution is -0.0592. The van der Waals surface area contributed by atoms with E-state index in [0.29, 0.717) is 57.2 Å². The number of unbranched alkanes of at least 4 members (excludes halogenated alkanes) is 1. The highest BCUT2D eigenvalue weighted by molar-refractivity contribution is 5.74. The molecule has 37 heavy (non-hydrogen) atoms. The lowest BCUT2D eigenvalue weighted by Gasteiger charge is -2.44. The monoisotopic (exact) mass is 521 g/mol. The first-order valence-corrected chi connectivity index (χ1v) is 14.4. The molecule has 1 unspecified atom stereocenters. The number of likely N-dealkylation sites (tertiary alicyclic amines) is 1. The highest BCUT2D eigenvalue weighted by Crippen LogP contribution is 2.41. The van der Waals surface area contributed by atoms with Crippen LogP contribution in [0.2, 0.25) is 0 Å². The average Bonchev–Trinajstić information content (AvgIpc) is 2.93. The van der Waals surface area contributed by atoms with Gasteiger partial charge in [-0.15, -0.1) is 0 Å². The molecule has 1 aliphatic carbocycles. The van der Waals surface area contributed by atoms with Crippen molar-refractivity contribution in [1.29, 1.82) is 0 Å². The fraction of sp³-hybridized carbons (Fsp3) is 0.759. The maximum Gasteiger partial charge on any atom is 0.317 e. The van der Waals surface area contributed by atoms with Gasteiger partial charge in [0.15, 0.2) is 11.6 Å². The van der Waals surface area contributed by atoms with Crippen LogP contribution in [0.4, 0.5) is 13.6 Å². The summed E-state index contributed by atoms with van der Waals surface area (Å²) in [5.74, 6) is -1.18. The quantitative estimate of drug-likeness (QED) is 0.402. The zero-order valence-electron chi connectivity index (χ0n) is 22.3. The zero-order valence-corrected chi connectivity index (χ0v) is 22.3. The maximum absolute atomic E-state index is 15.0. The van der Waals surface area contributed by atoms with E-state index < -0.39 is 17.2 Å². The molecule has 8 heteroatoms. The third-order valence-electron chi connectivity index (χ3n) is 9.06. The largest absolute Gasteiger partial charge is 0.385 e. The van der Waals surface area contributed by atoms with Crippen molar-refractivity contribution in [2.75, 3.05) is 39.9 Å². The number of carbonyl (C=O) groups is 1. The number of halogens is 2. The van der Waals surface area contributed by atoms with Crippen LogP contribution in [-0.2, 0) is 10.3 Å². The van der Waals surface area contributed by atoms with E-state index in [4.69, 9.17) is 4.74 Å². The number of amides is 2. The van der Waals surface area contributed by atoms with Gasteiger partial charge in [-0.2, -0.15) is 0 Å². The Hall–Kier alpha value is -1.77. The van der Waals surface area contributed by atoms with Crippen molar-refractivity contribution in [2.24, 2.45) is 17.8 Å². The Kier molecular flexibility index (Phi) is 10.2. The first kappa shape index (κ1) is 28.2. The predicted molar refractivity (Wildman–Crippen MR) is 140 cm³/mol. The number of hydrogen-bond acceptors (Lipinski definition) is 4. The molecule has 3 fully saturated rings. The van der Waals surface area contributed by atoms with E-state index in [1.54, 1.807) is 12.0 Å². The van der Waals surface area contributed by atoms with Crippen LogP contribution >= 0.6 is 0 Å². The summed E-state index contributed by atoms with van der Waals surface area (Å²) in [5, 5.41) is 18.7. The van der Waals surface area contributed by atoms with Gasteiger partial charge in [0, 0.05) is 50.9 Å². The topological polar surface area (TPSA) is 73.8 Å². The summed E-state index contributed by atoms with van der Waals surface area (Å²) in [6.45, 7) is 3.23. The molecular weight excluding hydrogens is 476 g/mol. The van der Waals surface area contributed by atoms with Gasteiger partial charge >= 0.3 is 6.03 Å². The lowest BCUT2D eigenvalue weighted by atomic mass is 9.73. The summed E-state index contributed by atoms with van der Waals surface area (Å²) < 4.78 is 34.3. The molecule has 2 heterocycles. The third kappa shape index (κ3) is 6.82. The molecule has 2 amide bonds. The molecule has 2 aliphatic heterocycles. The summed E-state index contributed by atoms with van der Waals surface area (Å²) in [5.41, 5.74) is -1.57. The molecule has 4 rings (SSSR count). The summed E-state index contributed by atoms with van der Waals surface area (Å²) in [6.07, 6.45) is 10.4. The second kappa shape index (κ2) is 13.3. The van der Waals surface area contributed by atoms with E-state index in [9.17, 15) is 18.7 Å². The van der Waals surface area contributed by atoms with Crippen LogP contribution in [-0.4, -0.2) is 62.0 Å². The summed E-state index contributed by atoms with van der Waals surface area (Å²) in [7, 11) is 1.62. The second-order valence-electron chi connectivity index (χ2n) is 11.4. The fourth-order valence-corrected chi connectivity index (χ4v) is 7.00. The molecule has 1 saturated carbocycles. The second-order valence-corrected chi connectivity index (χ2v) is 11.4. The number of ether oxygens (including phenoxy) is 1. The molecule has 3 aliphatic rings. The molecule has 0 aromatic heterocycles. The van der Waals surface area contributed by atoms with Gasteiger partial charge in [0.2, 0.25) is 0 Å². The molecule has 0 radical (unpaired) electrons. The number of rotatable bonds is 9. The van der Waals surface area contributed by atoms with Crippen LogP contribution in [0.3, 0.4) is 0 Å². The first-order valence-electron chi connectivity index (χ1n) is 14.4. The Morgan fingerprint density at radius 3 is 2.76 bits per heavy atom. The van der Waals surface area contributed by atoms with Crippen molar-refractivity contribution < 1.29 is 23.4 Å². The first-order chi connectivity index (χ1) is 17.9. The van der Waals surface area contributed by atoms with Crippen molar-refractivity contribution in [1.82, 2.24) is 15.5 Å². The van der Waals surface area contributed by atoms with E-state index >= 15 is 0 Å². The van der Waals surface area contributed by atoms with E-state index in [2.05, 4.69) is 10.6 Å². The molecule has 3 N–H and O–H groups in total. The van der Waals surface area contributed by atoms with Crippen molar-refractivity contribution in [3.63, 3.8) is 0 Å². The summed E-state index contributed by atoms with van der Waals surface area (Å²) >= 11 is 0. The number of nitrogens with one attached hydrogen (secondary N) is 2. The highest BCUT2D eigenvalue weighted by atomic mass is 19.2. The third-order valence-corrected chi connectivity index (χ3v) is 9.06. The van der Waals surface area contributed by atoms with Gasteiger partial charge in [0.25, 0.3) is 0 Å². The van der Waals surface area contributed by atoms with Gasteiger partial charge < -0.3 is 25.4 Å². The van der Waals surface area contributed by atoms with Gasteiger partial charge in [-0.25, -0.2) is 13.6 Å². The molecule has 6 nitrogen and oxygen atoms in total. The van der Waals surface area contributed by atoms with Gasteiger partial charge in [-0.1, -0.05) is 44.2 Å². The molecule has 2 saturated heterocycles. The summed E-state index contributed by atoms with van der Waals surface area (Å²) in [4.78, 5) is 15.3. The van der Waals surface area contributed by atoms with Crippen molar-refractivity contribution in [2.45, 2.75) is 82.3 Å². The number of hydrogen-bond donors (Lipinski definition) is 3.